The molecule has 1 aromatic heterocycles. The van der Waals surface area contributed by atoms with Gasteiger partial charge in [0.25, 0.3) is 0 Å². The molecule has 0 saturated carbocycles. The molecule has 2 saturated heterocycles. The fourth-order valence-corrected chi connectivity index (χ4v) is 5.86. The van der Waals surface area contributed by atoms with Crippen LogP contribution in [0.3, 0.4) is 0 Å². The fourth-order valence-electron chi connectivity index (χ4n) is 5.86. The van der Waals surface area contributed by atoms with Gasteiger partial charge < -0.3 is 20.1 Å². The summed E-state index contributed by atoms with van der Waals surface area (Å²) in [6, 6.07) is 16.2. The van der Waals surface area contributed by atoms with Gasteiger partial charge in [-0.3, -0.25) is 4.79 Å². The average Bonchev–Trinajstić information content (AvgIpc) is 3.50. The highest BCUT2D eigenvalue weighted by Gasteiger charge is 2.24. The van der Waals surface area contributed by atoms with Crippen LogP contribution in [-0.4, -0.2) is 59.5 Å². The Hall–Kier alpha value is -2.70. The van der Waals surface area contributed by atoms with Gasteiger partial charge in [0.2, 0.25) is 5.91 Å². The van der Waals surface area contributed by atoms with E-state index in [-0.39, 0.29) is 18.1 Å². The minimum Gasteiger partial charge on any atom is -0.369 e. The van der Waals surface area contributed by atoms with Crippen molar-refractivity contribution in [2.24, 2.45) is 5.73 Å². The number of carbonyl (C=O) groups excluding carboxylic acids is 1. The highest BCUT2D eigenvalue weighted by Crippen LogP contribution is 2.32. The quantitative estimate of drug-likeness (QED) is 0.500. The third-order valence-corrected chi connectivity index (χ3v) is 7.81. The van der Waals surface area contributed by atoms with Crippen molar-refractivity contribution in [1.82, 2.24) is 14.4 Å². The normalized spacial score (nSPS) is 18.0. The predicted molar refractivity (Wildman–Crippen MR) is 139 cm³/mol. The highest BCUT2D eigenvalue weighted by atomic mass is 19.1. The van der Waals surface area contributed by atoms with Gasteiger partial charge in [-0.05, 0) is 92.4 Å². The second-order valence-electron chi connectivity index (χ2n) is 10.3. The molecule has 2 aliphatic rings. The van der Waals surface area contributed by atoms with Crippen LogP contribution in [0, 0.1) is 5.82 Å². The number of nitrogens with zero attached hydrogens (tertiary/aromatic N) is 3. The molecule has 5 rings (SSSR count). The van der Waals surface area contributed by atoms with E-state index in [1.807, 2.05) is 12.1 Å². The summed E-state index contributed by atoms with van der Waals surface area (Å²) >= 11 is 0. The summed E-state index contributed by atoms with van der Waals surface area (Å²) in [6.07, 6.45) is 7.03. The number of likely N-dealkylation sites (tertiary alicyclic amines) is 2. The van der Waals surface area contributed by atoms with Crippen molar-refractivity contribution in [2.45, 2.75) is 51.0 Å². The van der Waals surface area contributed by atoms with Crippen LogP contribution in [0.15, 0.2) is 48.5 Å². The molecule has 6 heteroatoms. The number of benzene rings is 2. The molecular formula is C29H37FN4O. The predicted octanol–water partition coefficient (Wildman–Crippen LogP) is 4.33. The summed E-state index contributed by atoms with van der Waals surface area (Å²) in [5.41, 5.74) is 10.4. The summed E-state index contributed by atoms with van der Waals surface area (Å²) in [5.74, 6) is -0.459. The zero-order valence-corrected chi connectivity index (χ0v) is 20.6. The molecule has 0 atom stereocenters. The third kappa shape index (κ3) is 5.93. The molecule has 0 spiro atoms. The van der Waals surface area contributed by atoms with E-state index < -0.39 is 0 Å². The second-order valence-corrected chi connectivity index (χ2v) is 10.3. The van der Waals surface area contributed by atoms with Gasteiger partial charge >= 0.3 is 0 Å². The molecule has 2 fully saturated rings. The van der Waals surface area contributed by atoms with Crippen LogP contribution in [0.2, 0.25) is 0 Å². The minimum absolute atomic E-state index is 0.181. The number of piperidine rings is 1. The standard InChI is InChI=1S/C29H37FN4O/c30-25-7-4-22(5-8-25)9-15-33-17-11-26(12-18-33)34-27(21-29(31)35)20-24-6-3-23(19-28(24)34)10-16-32-13-1-2-14-32/h3-8,19-20,26H,1-2,9-18,21H2,(H2,31,35). The van der Waals surface area contributed by atoms with Gasteiger partial charge in [0.1, 0.15) is 5.82 Å². The summed E-state index contributed by atoms with van der Waals surface area (Å²) in [7, 11) is 0. The lowest BCUT2D eigenvalue weighted by atomic mass is 10.0. The van der Waals surface area contributed by atoms with Crippen molar-refractivity contribution in [2.75, 3.05) is 39.3 Å². The molecule has 3 aromatic rings. The Balaban J connectivity index is 1.28. The Bertz CT molecular complexity index is 1140. The monoisotopic (exact) mass is 476 g/mol. The SMILES string of the molecule is NC(=O)Cc1cc2ccc(CCN3CCCC3)cc2n1C1CCN(CCc2ccc(F)cc2)CC1. The first-order valence-corrected chi connectivity index (χ1v) is 13.2. The van der Waals surface area contributed by atoms with Gasteiger partial charge in [0.15, 0.2) is 0 Å². The largest absolute Gasteiger partial charge is 0.369 e. The number of hydrogen-bond donors (Lipinski definition) is 1. The molecule has 35 heavy (non-hydrogen) atoms. The van der Waals surface area contributed by atoms with E-state index in [1.54, 1.807) is 12.1 Å². The van der Waals surface area contributed by atoms with E-state index in [9.17, 15) is 9.18 Å². The number of primary amides is 1. The van der Waals surface area contributed by atoms with Gasteiger partial charge in [0.05, 0.1) is 6.42 Å². The molecule has 0 radical (unpaired) electrons. The lowest BCUT2D eigenvalue weighted by molar-refractivity contribution is -0.117. The number of amides is 1. The summed E-state index contributed by atoms with van der Waals surface area (Å²) in [5, 5.41) is 1.20. The van der Waals surface area contributed by atoms with Crippen molar-refractivity contribution in [3.05, 3.63) is 71.2 Å². The molecule has 0 bridgehead atoms. The first-order valence-electron chi connectivity index (χ1n) is 13.2. The molecule has 0 aliphatic carbocycles. The van der Waals surface area contributed by atoms with Crippen molar-refractivity contribution in [3.8, 4) is 0 Å². The van der Waals surface area contributed by atoms with Gasteiger partial charge in [-0.15, -0.1) is 0 Å². The number of nitrogens with two attached hydrogens (primary N) is 1. The van der Waals surface area contributed by atoms with Crippen LogP contribution in [0.4, 0.5) is 4.39 Å². The Morgan fingerprint density at radius 2 is 1.49 bits per heavy atom. The van der Waals surface area contributed by atoms with Crippen molar-refractivity contribution in [3.63, 3.8) is 0 Å². The molecule has 3 heterocycles. The number of halogens is 1. The molecule has 5 nitrogen and oxygen atoms in total. The summed E-state index contributed by atoms with van der Waals surface area (Å²) in [4.78, 5) is 16.9. The van der Waals surface area contributed by atoms with Crippen LogP contribution in [0.25, 0.3) is 10.9 Å². The van der Waals surface area contributed by atoms with Crippen LogP contribution in [-0.2, 0) is 24.1 Å². The molecule has 0 unspecified atom stereocenters. The summed E-state index contributed by atoms with van der Waals surface area (Å²) in [6.45, 7) is 6.60. The fraction of sp³-hybridized carbons (Fsp3) is 0.483. The molecule has 2 N–H and O–H groups in total. The number of aromatic nitrogens is 1. The topological polar surface area (TPSA) is 54.5 Å². The van der Waals surface area contributed by atoms with E-state index >= 15 is 0 Å². The lowest BCUT2D eigenvalue weighted by Gasteiger charge is -2.34. The zero-order valence-electron chi connectivity index (χ0n) is 20.6. The van der Waals surface area contributed by atoms with Crippen LogP contribution >= 0.6 is 0 Å². The molecule has 2 aromatic carbocycles. The minimum atomic E-state index is -0.278. The molecule has 2 aliphatic heterocycles. The van der Waals surface area contributed by atoms with E-state index in [1.165, 1.54) is 48.0 Å². The van der Waals surface area contributed by atoms with Gasteiger partial charge in [0, 0.05) is 43.4 Å². The first kappa shape index (κ1) is 24.0. The molecule has 186 valence electrons. The Kier molecular flexibility index (Phi) is 7.49. The molecule has 1 amide bonds. The maximum Gasteiger partial charge on any atom is 0.223 e. The summed E-state index contributed by atoms with van der Waals surface area (Å²) < 4.78 is 15.6. The van der Waals surface area contributed by atoms with Crippen molar-refractivity contribution in [1.29, 1.82) is 0 Å². The number of carbonyl (C=O) groups is 1. The Morgan fingerprint density at radius 3 is 2.17 bits per heavy atom. The highest BCUT2D eigenvalue weighted by molar-refractivity contribution is 5.85. The number of hydrogen-bond acceptors (Lipinski definition) is 3. The third-order valence-electron chi connectivity index (χ3n) is 7.81. The Labute approximate surface area is 207 Å². The Morgan fingerprint density at radius 1 is 0.857 bits per heavy atom. The lowest BCUT2D eigenvalue weighted by Crippen LogP contribution is -2.36. The van der Waals surface area contributed by atoms with Crippen LogP contribution < -0.4 is 5.73 Å². The second kappa shape index (κ2) is 10.9. The van der Waals surface area contributed by atoms with Crippen molar-refractivity contribution >= 4 is 16.8 Å². The van der Waals surface area contributed by atoms with Crippen molar-refractivity contribution < 1.29 is 9.18 Å². The van der Waals surface area contributed by atoms with Gasteiger partial charge in [-0.1, -0.05) is 24.3 Å². The maximum absolute atomic E-state index is 13.2. The zero-order chi connectivity index (χ0) is 24.2. The van der Waals surface area contributed by atoms with Crippen LogP contribution in [0.5, 0.6) is 0 Å². The van der Waals surface area contributed by atoms with E-state index in [0.717, 1.165) is 57.6 Å². The van der Waals surface area contributed by atoms with Gasteiger partial charge in [-0.25, -0.2) is 4.39 Å². The number of rotatable bonds is 9. The first-order chi connectivity index (χ1) is 17.0. The smallest absolute Gasteiger partial charge is 0.223 e. The van der Waals surface area contributed by atoms with E-state index in [4.69, 9.17) is 5.73 Å². The maximum atomic E-state index is 13.2. The van der Waals surface area contributed by atoms with E-state index in [2.05, 4.69) is 38.6 Å². The number of fused-ring (bicyclic) bond motifs is 1. The average molecular weight is 477 g/mol. The molecular weight excluding hydrogens is 439 g/mol. The van der Waals surface area contributed by atoms with E-state index in [0.29, 0.717) is 6.04 Å². The van der Waals surface area contributed by atoms with Gasteiger partial charge in [-0.2, -0.15) is 0 Å². The van der Waals surface area contributed by atoms with Crippen LogP contribution in [0.1, 0.15) is 48.5 Å².